The Hall–Kier alpha value is -0.380. The molecular formula is C12H18N2S. The molecule has 1 unspecified atom stereocenters. The van der Waals surface area contributed by atoms with Gasteiger partial charge >= 0.3 is 0 Å². The maximum atomic E-state index is 3.48. The van der Waals surface area contributed by atoms with Gasteiger partial charge in [-0.3, -0.25) is 4.90 Å². The van der Waals surface area contributed by atoms with E-state index in [2.05, 4.69) is 27.7 Å². The summed E-state index contributed by atoms with van der Waals surface area (Å²) in [5.41, 5.74) is 0. The predicted octanol–water partition coefficient (Wildman–Crippen LogP) is 2.07. The number of hydrogen-bond donors (Lipinski definition) is 1. The topological polar surface area (TPSA) is 15.3 Å². The molecule has 2 fully saturated rings. The Kier molecular flexibility index (Phi) is 2.77. The van der Waals surface area contributed by atoms with Gasteiger partial charge in [0.05, 0.1) is 0 Å². The molecule has 0 aromatic carbocycles. The molecule has 2 heterocycles. The summed E-state index contributed by atoms with van der Waals surface area (Å²) in [4.78, 5) is 4.25. The first-order chi connectivity index (χ1) is 7.43. The van der Waals surface area contributed by atoms with Crippen LogP contribution in [-0.4, -0.2) is 30.1 Å². The highest BCUT2D eigenvalue weighted by atomic mass is 32.1. The van der Waals surface area contributed by atoms with Gasteiger partial charge in [-0.25, -0.2) is 0 Å². The van der Waals surface area contributed by atoms with Gasteiger partial charge in [-0.2, -0.15) is 0 Å². The van der Waals surface area contributed by atoms with Crippen molar-refractivity contribution in [1.29, 1.82) is 0 Å². The standard InChI is InChI=1S/C12H18N2S/c1-2-12(15-7-1)9-14(10-3-4-10)11-5-6-13-8-11/h1-2,7,10-11,13H,3-6,8-9H2. The van der Waals surface area contributed by atoms with Gasteiger partial charge in [-0.1, -0.05) is 6.07 Å². The molecule has 0 radical (unpaired) electrons. The average molecular weight is 222 g/mol. The highest BCUT2D eigenvalue weighted by molar-refractivity contribution is 7.09. The lowest BCUT2D eigenvalue weighted by atomic mass is 10.2. The highest BCUT2D eigenvalue weighted by Crippen LogP contribution is 2.32. The van der Waals surface area contributed by atoms with Crippen LogP contribution in [0.15, 0.2) is 17.5 Å². The molecule has 2 aliphatic rings. The second-order valence-electron chi connectivity index (χ2n) is 4.63. The lowest BCUT2D eigenvalue weighted by molar-refractivity contribution is 0.190. The van der Waals surface area contributed by atoms with Crippen LogP contribution in [0.25, 0.3) is 0 Å². The van der Waals surface area contributed by atoms with Crippen molar-refractivity contribution >= 4 is 11.3 Å². The van der Waals surface area contributed by atoms with E-state index in [0.717, 1.165) is 12.1 Å². The quantitative estimate of drug-likeness (QED) is 0.839. The van der Waals surface area contributed by atoms with Gasteiger partial charge in [0.15, 0.2) is 0 Å². The molecule has 1 saturated carbocycles. The fraction of sp³-hybridized carbons (Fsp3) is 0.667. The summed E-state index contributed by atoms with van der Waals surface area (Å²) in [6, 6.07) is 6.11. The van der Waals surface area contributed by atoms with Crippen LogP contribution in [0.1, 0.15) is 24.1 Å². The third-order valence-corrected chi connectivity index (χ3v) is 4.30. The van der Waals surface area contributed by atoms with Crippen LogP contribution >= 0.6 is 11.3 Å². The zero-order valence-electron chi connectivity index (χ0n) is 8.98. The molecule has 3 heteroatoms. The molecule has 82 valence electrons. The number of nitrogens with zero attached hydrogens (tertiary/aromatic N) is 1. The van der Waals surface area contributed by atoms with Crippen molar-refractivity contribution in [1.82, 2.24) is 10.2 Å². The van der Waals surface area contributed by atoms with Crippen molar-refractivity contribution in [3.05, 3.63) is 22.4 Å². The maximum Gasteiger partial charge on any atom is 0.0334 e. The summed E-state index contributed by atoms with van der Waals surface area (Å²) < 4.78 is 0. The summed E-state index contributed by atoms with van der Waals surface area (Å²) in [7, 11) is 0. The van der Waals surface area contributed by atoms with Gasteiger partial charge in [0.2, 0.25) is 0 Å². The van der Waals surface area contributed by atoms with Crippen molar-refractivity contribution in [2.45, 2.75) is 37.9 Å². The van der Waals surface area contributed by atoms with Crippen molar-refractivity contribution in [2.24, 2.45) is 0 Å². The first-order valence-electron chi connectivity index (χ1n) is 5.92. The van der Waals surface area contributed by atoms with Crippen LogP contribution in [0.4, 0.5) is 0 Å². The molecule has 1 saturated heterocycles. The minimum absolute atomic E-state index is 0.791. The number of thiophene rings is 1. The highest BCUT2D eigenvalue weighted by Gasteiger charge is 2.35. The number of hydrogen-bond acceptors (Lipinski definition) is 3. The largest absolute Gasteiger partial charge is 0.315 e. The lowest BCUT2D eigenvalue weighted by Crippen LogP contribution is -2.37. The first-order valence-corrected chi connectivity index (χ1v) is 6.80. The van der Waals surface area contributed by atoms with Crippen molar-refractivity contribution in [3.8, 4) is 0 Å². The molecular weight excluding hydrogens is 204 g/mol. The van der Waals surface area contributed by atoms with Gasteiger partial charge in [-0.05, 0) is 37.3 Å². The summed E-state index contributed by atoms with van der Waals surface area (Å²) in [5.74, 6) is 0. The van der Waals surface area contributed by atoms with Crippen molar-refractivity contribution in [2.75, 3.05) is 13.1 Å². The van der Waals surface area contributed by atoms with Gasteiger partial charge in [-0.15, -0.1) is 11.3 Å². The van der Waals surface area contributed by atoms with E-state index in [0.29, 0.717) is 0 Å². The summed E-state index contributed by atoms with van der Waals surface area (Å²) in [5, 5.41) is 5.66. The molecule has 0 bridgehead atoms. The number of rotatable bonds is 4. The van der Waals surface area contributed by atoms with Crippen LogP contribution in [0.2, 0.25) is 0 Å². The predicted molar refractivity (Wildman–Crippen MR) is 64.2 cm³/mol. The Morgan fingerprint density at radius 3 is 2.87 bits per heavy atom. The Morgan fingerprint density at radius 2 is 2.27 bits per heavy atom. The second-order valence-corrected chi connectivity index (χ2v) is 5.66. The minimum atomic E-state index is 0.791. The lowest BCUT2D eigenvalue weighted by Gasteiger charge is -2.27. The van der Waals surface area contributed by atoms with Gasteiger partial charge in [0.1, 0.15) is 0 Å². The van der Waals surface area contributed by atoms with Gasteiger partial charge in [0, 0.05) is 30.1 Å². The molecule has 0 spiro atoms. The third-order valence-electron chi connectivity index (χ3n) is 3.44. The van der Waals surface area contributed by atoms with E-state index in [9.17, 15) is 0 Å². The Morgan fingerprint density at radius 1 is 1.33 bits per heavy atom. The summed E-state index contributed by atoms with van der Waals surface area (Å²) >= 11 is 1.89. The Labute approximate surface area is 95.3 Å². The molecule has 1 N–H and O–H groups in total. The van der Waals surface area contributed by atoms with E-state index in [1.165, 1.54) is 43.8 Å². The van der Waals surface area contributed by atoms with E-state index >= 15 is 0 Å². The Bertz CT molecular complexity index is 299. The normalized spacial score (nSPS) is 26.3. The monoisotopic (exact) mass is 222 g/mol. The van der Waals surface area contributed by atoms with Crippen LogP contribution in [0, 0.1) is 0 Å². The molecule has 1 aromatic heterocycles. The van der Waals surface area contributed by atoms with Crippen LogP contribution in [0.3, 0.4) is 0 Å². The minimum Gasteiger partial charge on any atom is -0.315 e. The van der Waals surface area contributed by atoms with Crippen LogP contribution < -0.4 is 5.32 Å². The average Bonchev–Trinajstić information content (AvgIpc) is 2.78. The van der Waals surface area contributed by atoms with E-state index in [1.807, 2.05) is 11.3 Å². The second kappa shape index (κ2) is 4.24. The molecule has 1 atom stereocenters. The molecule has 0 amide bonds. The fourth-order valence-electron chi connectivity index (χ4n) is 2.47. The zero-order valence-corrected chi connectivity index (χ0v) is 9.80. The van der Waals surface area contributed by atoms with E-state index in [4.69, 9.17) is 0 Å². The smallest absolute Gasteiger partial charge is 0.0334 e. The van der Waals surface area contributed by atoms with E-state index in [1.54, 1.807) is 0 Å². The van der Waals surface area contributed by atoms with Crippen LogP contribution in [0.5, 0.6) is 0 Å². The van der Waals surface area contributed by atoms with E-state index in [-0.39, 0.29) is 0 Å². The van der Waals surface area contributed by atoms with Crippen LogP contribution in [-0.2, 0) is 6.54 Å². The van der Waals surface area contributed by atoms with E-state index < -0.39 is 0 Å². The van der Waals surface area contributed by atoms with Gasteiger partial charge in [0.25, 0.3) is 0 Å². The zero-order chi connectivity index (χ0) is 10.1. The maximum absolute atomic E-state index is 3.48. The third kappa shape index (κ3) is 2.25. The van der Waals surface area contributed by atoms with Crippen molar-refractivity contribution in [3.63, 3.8) is 0 Å². The molecule has 1 aliphatic carbocycles. The molecule has 15 heavy (non-hydrogen) atoms. The SMILES string of the molecule is c1csc(CN(C2CC2)C2CCNC2)c1. The Balaban J connectivity index is 1.67. The molecule has 3 rings (SSSR count). The number of nitrogens with one attached hydrogen (secondary N) is 1. The van der Waals surface area contributed by atoms with Gasteiger partial charge < -0.3 is 5.32 Å². The van der Waals surface area contributed by atoms with Crippen molar-refractivity contribution < 1.29 is 0 Å². The fourth-order valence-corrected chi connectivity index (χ4v) is 3.18. The first kappa shape index (κ1) is 9.82. The molecule has 1 aromatic rings. The molecule has 2 nitrogen and oxygen atoms in total. The summed E-state index contributed by atoms with van der Waals surface area (Å²) in [6.45, 7) is 3.58. The molecule has 1 aliphatic heterocycles. The summed E-state index contributed by atoms with van der Waals surface area (Å²) in [6.07, 6.45) is 4.17.